The van der Waals surface area contributed by atoms with Crippen LogP contribution in [0.1, 0.15) is 17.0 Å². The number of nitriles is 1. The highest BCUT2D eigenvalue weighted by molar-refractivity contribution is 8.00. The van der Waals surface area contributed by atoms with Crippen molar-refractivity contribution in [2.75, 3.05) is 5.32 Å². The predicted octanol–water partition coefficient (Wildman–Crippen LogP) is 2.72. The standard InChI is InChI=1S/C16H12N4OS/c17-7-9-5-6-12(18-8-9)19-16(21)20-14-13-10-3-1-2-4-11(10)22-15(13)14/h1-6,8,13-15H,(H2,18,19,20,21)/t13-,14?,15-/m1/s1. The second-order valence-electron chi connectivity index (χ2n) is 5.31. The maximum atomic E-state index is 12.0. The van der Waals surface area contributed by atoms with Crippen LogP contribution in [-0.4, -0.2) is 22.3 Å². The van der Waals surface area contributed by atoms with Gasteiger partial charge in [0.25, 0.3) is 0 Å². The van der Waals surface area contributed by atoms with E-state index in [0.717, 1.165) is 0 Å². The molecule has 1 aromatic carbocycles. The number of hydrogen-bond donors (Lipinski definition) is 2. The van der Waals surface area contributed by atoms with Crippen molar-refractivity contribution in [3.63, 3.8) is 0 Å². The van der Waals surface area contributed by atoms with E-state index in [0.29, 0.717) is 22.5 Å². The van der Waals surface area contributed by atoms with Gasteiger partial charge in [-0.15, -0.1) is 11.8 Å². The van der Waals surface area contributed by atoms with Gasteiger partial charge in [-0.1, -0.05) is 18.2 Å². The van der Waals surface area contributed by atoms with E-state index in [4.69, 9.17) is 5.26 Å². The summed E-state index contributed by atoms with van der Waals surface area (Å²) < 4.78 is 0. The van der Waals surface area contributed by atoms with E-state index in [2.05, 4.69) is 27.8 Å². The first-order valence-electron chi connectivity index (χ1n) is 6.95. The Morgan fingerprint density at radius 1 is 1.27 bits per heavy atom. The summed E-state index contributed by atoms with van der Waals surface area (Å²) in [6.07, 6.45) is 1.44. The summed E-state index contributed by atoms with van der Waals surface area (Å²) in [4.78, 5) is 17.4. The Morgan fingerprint density at radius 2 is 2.14 bits per heavy atom. The Labute approximate surface area is 131 Å². The molecule has 2 heterocycles. The van der Waals surface area contributed by atoms with Gasteiger partial charge in [0.15, 0.2) is 0 Å². The maximum absolute atomic E-state index is 12.0. The van der Waals surface area contributed by atoms with Gasteiger partial charge in [-0.05, 0) is 23.8 Å². The topological polar surface area (TPSA) is 77.8 Å². The van der Waals surface area contributed by atoms with E-state index in [1.165, 1.54) is 16.7 Å². The zero-order valence-corrected chi connectivity index (χ0v) is 12.3. The lowest BCUT2D eigenvalue weighted by Crippen LogP contribution is -2.33. The highest BCUT2D eigenvalue weighted by atomic mass is 32.2. The van der Waals surface area contributed by atoms with Gasteiger partial charge in [-0.3, -0.25) is 5.32 Å². The molecule has 1 fully saturated rings. The molecule has 1 saturated carbocycles. The van der Waals surface area contributed by atoms with Gasteiger partial charge in [0, 0.05) is 22.3 Å². The minimum atomic E-state index is -0.255. The summed E-state index contributed by atoms with van der Waals surface area (Å²) in [5.74, 6) is 0.858. The van der Waals surface area contributed by atoms with Crippen LogP contribution in [0.25, 0.3) is 0 Å². The number of rotatable bonds is 2. The fourth-order valence-electron chi connectivity index (χ4n) is 2.82. The summed E-state index contributed by atoms with van der Waals surface area (Å²) in [6, 6.07) is 13.5. The number of pyridine rings is 1. The van der Waals surface area contributed by atoms with Crippen LogP contribution in [0.15, 0.2) is 47.5 Å². The molecule has 1 aromatic heterocycles. The van der Waals surface area contributed by atoms with Crippen molar-refractivity contribution in [2.45, 2.75) is 22.1 Å². The third kappa shape index (κ3) is 2.20. The fourth-order valence-corrected chi connectivity index (χ4v) is 4.37. The molecule has 3 atom stereocenters. The number of nitrogens with one attached hydrogen (secondary N) is 2. The molecule has 2 aliphatic rings. The lowest BCUT2D eigenvalue weighted by Gasteiger charge is -2.10. The summed E-state index contributed by atoms with van der Waals surface area (Å²) in [5, 5.41) is 14.9. The zero-order valence-electron chi connectivity index (χ0n) is 11.5. The zero-order chi connectivity index (χ0) is 15.1. The quantitative estimate of drug-likeness (QED) is 0.894. The molecule has 0 bridgehead atoms. The average molecular weight is 308 g/mol. The minimum absolute atomic E-state index is 0.179. The summed E-state index contributed by atoms with van der Waals surface area (Å²) in [7, 11) is 0. The van der Waals surface area contributed by atoms with Gasteiger partial charge in [-0.25, -0.2) is 9.78 Å². The second-order valence-corrected chi connectivity index (χ2v) is 6.53. The van der Waals surface area contributed by atoms with E-state index < -0.39 is 0 Å². The second kappa shape index (κ2) is 5.04. The minimum Gasteiger partial charge on any atom is -0.333 e. The number of aromatic nitrogens is 1. The van der Waals surface area contributed by atoms with Gasteiger partial charge in [0.2, 0.25) is 0 Å². The third-order valence-electron chi connectivity index (χ3n) is 3.93. The Bertz CT molecular complexity index is 783. The summed E-state index contributed by atoms with van der Waals surface area (Å²) in [5.41, 5.74) is 1.80. The number of anilines is 1. The van der Waals surface area contributed by atoms with Crippen LogP contribution < -0.4 is 10.6 Å². The SMILES string of the molecule is N#Cc1ccc(NC(=O)NC2[C@H]3c4ccccc4S[C@@H]23)nc1. The Kier molecular flexibility index (Phi) is 3.01. The molecule has 0 radical (unpaired) electrons. The third-order valence-corrected chi connectivity index (χ3v) is 5.41. The van der Waals surface area contributed by atoms with Crippen LogP contribution in [0.2, 0.25) is 0 Å². The van der Waals surface area contributed by atoms with Gasteiger partial charge in [0.1, 0.15) is 11.9 Å². The average Bonchev–Trinajstić information content (AvgIpc) is 3.05. The first-order chi connectivity index (χ1) is 10.8. The van der Waals surface area contributed by atoms with Gasteiger partial charge >= 0.3 is 6.03 Å². The maximum Gasteiger partial charge on any atom is 0.320 e. The van der Waals surface area contributed by atoms with Crippen LogP contribution in [-0.2, 0) is 0 Å². The normalized spacial score (nSPS) is 23.9. The molecule has 108 valence electrons. The molecule has 22 heavy (non-hydrogen) atoms. The van der Waals surface area contributed by atoms with Crippen molar-refractivity contribution in [3.05, 3.63) is 53.7 Å². The summed E-state index contributed by atoms with van der Waals surface area (Å²) >= 11 is 1.83. The molecule has 2 N–H and O–H groups in total. The number of nitrogens with zero attached hydrogens (tertiary/aromatic N) is 2. The molecule has 6 heteroatoms. The van der Waals surface area contributed by atoms with E-state index in [1.54, 1.807) is 12.1 Å². The molecule has 2 aromatic rings. The Balaban J connectivity index is 1.38. The molecule has 1 aliphatic carbocycles. The lowest BCUT2D eigenvalue weighted by atomic mass is 10.1. The number of thioether (sulfide) groups is 1. The first kappa shape index (κ1) is 13.2. The van der Waals surface area contributed by atoms with Crippen molar-refractivity contribution in [2.24, 2.45) is 0 Å². The molecule has 1 unspecified atom stereocenters. The monoisotopic (exact) mass is 308 g/mol. The molecule has 2 amide bonds. The number of carbonyl (C=O) groups excluding carboxylic acids is 1. The van der Waals surface area contributed by atoms with Crippen molar-refractivity contribution in [1.82, 2.24) is 10.3 Å². The molecular weight excluding hydrogens is 296 g/mol. The number of fused-ring (bicyclic) bond motifs is 3. The Hall–Kier alpha value is -2.52. The number of hydrogen-bond acceptors (Lipinski definition) is 4. The van der Waals surface area contributed by atoms with Crippen molar-refractivity contribution in [3.8, 4) is 6.07 Å². The Morgan fingerprint density at radius 3 is 2.91 bits per heavy atom. The van der Waals surface area contributed by atoms with Crippen molar-refractivity contribution >= 4 is 23.6 Å². The largest absolute Gasteiger partial charge is 0.333 e. The highest BCUT2D eigenvalue weighted by Crippen LogP contribution is 2.60. The molecular formula is C16H12N4OS. The van der Waals surface area contributed by atoms with E-state index in [9.17, 15) is 4.79 Å². The first-order valence-corrected chi connectivity index (χ1v) is 7.83. The molecule has 0 spiro atoms. The predicted molar refractivity (Wildman–Crippen MR) is 83.7 cm³/mol. The van der Waals surface area contributed by atoms with Crippen molar-refractivity contribution in [1.29, 1.82) is 5.26 Å². The summed E-state index contributed by atoms with van der Waals surface area (Å²) in [6.45, 7) is 0. The van der Waals surface area contributed by atoms with Crippen LogP contribution in [0, 0.1) is 11.3 Å². The van der Waals surface area contributed by atoms with Crippen LogP contribution >= 0.6 is 11.8 Å². The molecule has 4 rings (SSSR count). The van der Waals surface area contributed by atoms with Gasteiger partial charge < -0.3 is 5.32 Å². The molecule has 5 nitrogen and oxygen atoms in total. The number of amides is 2. The number of carbonyl (C=O) groups is 1. The fraction of sp³-hybridized carbons (Fsp3) is 0.188. The van der Waals surface area contributed by atoms with Gasteiger partial charge in [0.05, 0.1) is 11.6 Å². The van der Waals surface area contributed by atoms with Crippen LogP contribution in [0.4, 0.5) is 10.6 Å². The highest BCUT2D eigenvalue weighted by Gasteiger charge is 2.57. The lowest BCUT2D eigenvalue weighted by molar-refractivity contribution is 0.251. The smallest absolute Gasteiger partial charge is 0.320 e. The van der Waals surface area contributed by atoms with E-state index in [1.807, 2.05) is 30.0 Å². The van der Waals surface area contributed by atoms with E-state index >= 15 is 0 Å². The van der Waals surface area contributed by atoms with Crippen molar-refractivity contribution < 1.29 is 4.79 Å². The molecule has 0 saturated heterocycles. The van der Waals surface area contributed by atoms with E-state index in [-0.39, 0.29) is 12.1 Å². The molecule has 1 aliphatic heterocycles. The van der Waals surface area contributed by atoms with Gasteiger partial charge in [-0.2, -0.15) is 5.26 Å². The van der Waals surface area contributed by atoms with Crippen LogP contribution in [0.3, 0.4) is 0 Å². The number of urea groups is 1. The number of benzene rings is 1. The van der Waals surface area contributed by atoms with Crippen LogP contribution in [0.5, 0.6) is 0 Å².